The molecule has 0 aliphatic rings. The molecule has 1 unspecified atom stereocenters. The number of carboxylic acids is 1. The predicted octanol–water partition coefficient (Wildman–Crippen LogP) is 1.02. The lowest BCUT2D eigenvalue weighted by atomic mass is 10.1. The van der Waals surface area contributed by atoms with Crippen molar-refractivity contribution in [2.24, 2.45) is 0 Å². The first-order chi connectivity index (χ1) is 7.93. The van der Waals surface area contributed by atoms with Crippen molar-refractivity contribution in [3.63, 3.8) is 0 Å². The molecule has 1 aromatic rings. The molecule has 1 heterocycles. The molecule has 1 rings (SSSR count). The average Bonchev–Trinajstić information content (AvgIpc) is 2.56. The van der Waals surface area contributed by atoms with Crippen molar-refractivity contribution in [2.45, 2.75) is 32.7 Å². The SMILES string of the molecule is CCC(CC(=O)O)NC(=O)c1sc(N)nc1C. The third kappa shape index (κ3) is 3.70. The number of hydrogen-bond acceptors (Lipinski definition) is 5. The Morgan fingerprint density at radius 2 is 2.24 bits per heavy atom. The zero-order chi connectivity index (χ0) is 13.0. The fraction of sp³-hybridized carbons (Fsp3) is 0.500. The van der Waals surface area contributed by atoms with Crippen molar-refractivity contribution < 1.29 is 14.7 Å². The van der Waals surface area contributed by atoms with Gasteiger partial charge in [-0.1, -0.05) is 18.3 Å². The summed E-state index contributed by atoms with van der Waals surface area (Å²) in [6, 6.07) is -0.372. The number of hydrogen-bond donors (Lipinski definition) is 3. The predicted molar refractivity (Wildman–Crippen MR) is 65.1 cm³/mol. The van der Waals surface area contributed by atoms with Crippen molar-refractivity contribution >= 4 is 28.3 Å². The van der Waals surface area contributed by atoms with Gasteiger partial charge >= 0.3 is 5.97 Å². The Hall–Kier alpha value is -1.63. The van der Waals surface area contributed by atoms with Gasteiger partial charge in [0, 0.05) is 6.04 Å². The van der Waals surface area contributed by atoms with Gasteiger partial charge in [0.05, 0.1) is 12.1 Å². The highest BCUT2D eigenvalue weighted by Crippen LogP contribution is 2.19. The van der Waals surface area contributed by atoms with E-state index < -0.39 is 5.97 Å². The van der Waals surface area contributed by atoms with Crippen LogP contribution in [-0.2, 0) is 4.79 Å². The number of amides is 1. The monoisotopic (exact) mass is 257 g/mol. The van der Waals surface area contributed by atoms with E-state index in [1.807, 2.05) is 6.92 Å². The summed E-state index contributed by atoms with van der Waals surface area (Å²) in [4.78, 5) is 26.8. The van der Waals surface area contributed by atoms with E-state index >= 15 is 0 Å². The molecule has 0 aliphatic heterocycles. The molecule has 6 nitrogen and oxygen atoms in total. The first kappa shape index (κ1) is 13.4. The number of carbonyl (C=O) groups excluding carboxylic acids is 1. The molecular weight excluding hydrogens is 242 g/mol. The lowest BCUT2D eigenvalue weighted by molar-refractivity contribution is -0.137. The van der Waals surface area contributed by atoms with E-state index in [0.717, 1.165) is 11.3 Å². The molecule has 4 N–H and O–H groups in total. The largest absolute Gasteiger partial charge is 0.481 e. The number of aromatic nitrogens is 1. The minimum atomic E-state index is -0.933. The number of nitrogens with one attached hydrogen (secondary N) is 1. The summed E-state index contributed by atoms with van der Waals surface area (Å²) in [6.07, 6.45) is 0.473. The zero-order valence-corrected chi connectivity index (χ0v) is 10.5. The zero-order valence-electron chi connectivity index (χ0n) is 9.69. The number of carboxylic acid groups (broad SMARTS) is 1. The average molecular weight is 257 g/mol. The number of aryl methyl sites for hydroxylation is 1. The molecule has 0 aromatic carbocycles. The van der Waals surface area contributed by atoms with Crippen LogP contribution < -0.4 is 11.1 Å². The van der Waals surface area contributed by atoms with E-state index in [2.05, 4.69) is 10.3 Å². The third-order valence-electron chi connectivity index (χ3n) is 2.27. The van der Waals surface area contributed by atoms with Gasteiger partial charge in [0.25, 0.3) is 5.91 Å². The molecule has 0 saturated heterocycles. The standard InChI is InChI=1S/C10H15N3O3S/c1-3-6(4-7(14)15)13-9(16)8-5(2)12-10(11)17-8/h6H,3-4H2,1-2H3,(H2,11,12)(H,13,16)(H,14,15). The topological polar surface area (TPSA) is 105 Å². The van der Waals surface area contributed by atoms with Gasteiger partial charge in [0.1, 0.15) is 4.88 Å². The van der Waals surface area contributed by atoms with Gasteiger partial charge in [-0.2, -0.15) is 0 Å². The van der Waals surface area contributed by atoms with E-state index in [1.165, 1.54) is 0 Å². The lowest BCUT2D eigenvalue weighted by Gasteiger charge is -2.13. The highest BCUT2D eigenvalue weighted by atomic mass is 32.1. The smallest absolute Gasteiger partial charge is 0.305 e. The lowest BCUT2D eigenvalue weighted by Crippen LogP contribution is -2.35. The van der Waals surface area contributed by atoms with Crippen molar-refractivity contribution in [1.29, 1.82) is 0 Å². The number of thiazole rings is 1. The van der Waals surface area contributed by atoms with Gasteiger partial charge in [0.15, 0.2) is 5.13 Å². The second-order valence-electron chi connectivity index (χ2n) is 3.64. The van der Waals surface area contributed by atoms with Crippen molar-refractivity contribution in [2.75, 3.05) is 5.73 Å². The summed E-state index contributed by atoms with van der Waals surface area (Å²) in [6.45, 7) is 3.52. The summed E-state index contributed by atoms with van der Waals surface area (Å²) in [7, 11) is 0. The number of nitrogens with zero attached hydrogens (tertiary/aromatic N) is 1. The molecule has 0 fully saturated rings. The Balaban J connectivity index is 2.70. The Kier molecular flexibility index (Phi) is 4.45. The van der Waals surface area contributed by atoms with Gasteiger partial charge in [-0.25, -0.2) is 4.98 Å². The Labute approximate surface area is 103 Å². The first-order valence-corrected chi connectivity index (χ1v) is 6.01. The number of rotatable bonds is 5. The molecule has 0 aliphatic carbocycles. The first-order valence-electron chi connectivity index (χ1n) is 5.19. The third-order valence-corrected chi connectivity index (χ3v) is 3.25. The van der Waals surface area contributed by atoms with Gasteiger partial charge < -0.3 is 16.2 Å². The number of carbonyl (C=O) groups is 2. The van der Waals surface area contributed by atoms with Gasteiger partial charge in [-0.15, -0.1) is 0 Å². The second kappa shape index (κ2) is 5.62. The van der Waals surface area contributed by atoms with Crippen LogP contribution in [0.25, 0.3) is 0 Å². The van der Waals surface area contributed by atoms with E-state index in [1.54, 1.807) is 6.92 Å². The van der Waals surface area contributed by atoms with Crippen LogP contribution in [0.1, 0.15) is 35.1 Å². The maximum absolute atomic E-state index is 11.8. The summed E-state index contributed by atoms with van der Waals surface area (Å²) in [5.41, 5.74) is 6.06. The number of aliphatic carboxylic acids is 1. The van der Waals surface area contributed by atoms with Crippen molar-refractivity contribution in [3.05, 3.63) is 10.6 Å². The van der Waals surface area contributed by atoms with Crippen LogP contribution in [0.3, 0.4) is 0 Å². The van der Waals surface area contributed by atoms with E-state index in [9.17, 15) is 9.59 Å². The summed E-state index contributed by atoms with van der Waals surface area (Å²) >= 11 is 1.10. The van der Waals surface area contributed by atoms with E-state index in [4.69, 9.17) is 10.8 Å². The highest BCUT2D eigenvalue weighted by molar-refractivity contribution is 7.17. The van der Waals surface area contributed by atoms with E-state index in [-0.39, 0.29) is 18.4 Å². The van der Waals surface area contributed by atoms with Crippen molar-refractivity contribution in [1.82, 2.24) is 10.3 Å². The van der Waals surface area contributed by atoms with Gasteiger partial charge in [0.2, 0.25) is 0 Å². The fourth-order valence-electron chi connectivity index (χ4n) is 1.39. The normalized spacial score (nSPS) is 12.1. The Morgan fingerprint density at radius 1 is 1.59 bits per heavy atom. The molecule has 1 atom stereocenters. The van der Waals surface area contributed by atoms with Crippen LogP contribution in [0.5, 0.6) is 0 Å². The minimum absolute atomic E-state index is 0.0877. The number of anilines is 1. The summed E-state index contributed by atoms with van der Waals surface area (Å²) in [5.74, 6) is -1.25. The molecule has 1 aromatic heterocycles. The van der Waals surface area contributed by atoms with Crippen LogP contribution in [-0.4, -0.2) is 28.0 Å². The second-order valence-corrected chi connectivity index (χ2v) is 4.67. The molecule has 0 radical (unpaired) electrons. The van der Waals surface area contributed by atoms with Gasteiger partial charge in [-0.05, 0) is 13.3 Å². The maximum atomic E-state index is 11.8. The number of nitrogen functional groups attached to an aromatic ring is 1. The molecule has 1 amide bonds. The van der Waals surface area contributed by atoms with Crippen molar-refractivity contribution in [3.8, 4) is 0 Å². The van der Waals surface area contributed by atoms with Crippen LogP contribution in [0.2, 0.25) is 0 Å². The van der Waals surface area contributed by atoms with Crippen LogP contribution in [0.4, 0.5) is 5.13 Å². The van der Waals surface area contributed by atoms with Crippen LogP contribution in [0, 0.1) is 6.92 Å². The Morgan fingerprint density at radius 3 is 2.65 bits per heavy atom. The molecule has 94 valence electrons. The fourth-order valence-corrected chi connectivity index (χ4v) is 2.12. The molecule has 0 bridgehead atoms. The minimum Gasteiger partial charge on any atom is -0.481 e. The highest BCUT2D eigenvalue weighted by Gasteiger charge is 2.19. The quantitative estimate of drug-likeness (QED) is 0.730. The number of nitrogens with two attached hydrogens (primary N) is 1. The van der Waals surface area contributed by atoms with Gasteiger partial charge in [-0.3, -0.25) is 9.59 Å². The summed E-state index contributed by atoms with van der Waals surface area (Å²) < 4.78 is 0. The maximum Gasteiger partial charge on any atom is 0.305 e. The molecular formula is C10H15N3O3S. The summed E-state index contributed by atoms with van der Waals surface area (Å²) in [5, 5.41) is 11.7. The molecule has 7 heteroatoms. The molecule has 0 spiro atoms. The van der Waals surface area contributed by atoms with Crippen LogP contribution >= 0.6 is 11.3 Å². The molecule has 0 saturated carbocycles. The van der Waals surface area contributed by atoms with E-state index in [0.29, 0.717) is 22.1 Å². The van der Waals surface area contributed by atoms with Crippen LogP contribution in [0.15, 0.2) is 0 Å². The Bertz CT molecular complexity index is 430. The molecule has 17 heavy (non-hydrogen) atoms.